The Bertz CT molecular complexity index is 466. The average Bonchev–Trinajstić information content (AvgIpc) is 2.27. The molecule has 104 valence electrons. The molecule has 1 rings (SSSR count). The standard InChI is InChI=1S/C13H18FN3O2/c1-8(11(18)17-13(2,3)4)16-12(19)9-5-6-10(14)15-7-9/h5-8H,1-4H3,(H,16,19)(H,17,18). The summed E-state index contributed by atoms with van der Waals surface area (Å²) in [6, 6.07) is 1.72. The minimum Gasteiger partial charge on any atom is -0.350 e. The molecular formula is C13H18FN3O2. The van der Waals surface area contributed by atoms with Gasteiger partial charge in [-0.2, -0.15) is 4.39 Å². The third kappa shape index (κ3) is 5.03. The molecule has 0 aliphatic heterocycles. The molecule has 1 aromatic rings. The first-order chi connectivity index (χ1) is 8.69. The number of pyridine rings is 1. The number of hydrogen-bond acceptors (Lipinski definition) is 3. The summed E-state index contributed by atoms with van der Waals surface area (Å²) in [6.45, 7) is 7.13. The molecule has 0 saturated heterocycles. The zero-order valence-electron chi connectivity index (χ0n) is 11.5. The van der Waals surface area contributed by atoms with Gasteiger partial charge in [0.15, 0.2) is 0 Å². The summed E-state index contributed by atoms with van der Waals surface area (Å²) in [5.41, 5.74) is -0.162. The fourth-order valence-corrected chi connectivity index (χ4v) is 1.33. The van der Waals surface area contributed by atoms with Crippen LogP contribution in [-0.4, -0.2) is 28.4 Å². The van der Waals surface area contributed by atoms with Gasteiger partial charge in [0.05, 0.1) is 5.56 Å². The number of halogens is 1. The van der Waals surface area contributed by atoms with E-state index < -0.39 is 17.9 Å². The summed E-state index contributed by atoms with van der Waals surface area (Å²) in [7, 11) is 0. The Morgan fingerprint density at radius 1 is 1.32 bits per heavy atom. The molecule has 1 aromatic heterocycles. The molecule has 0 aliphatic rings. The summed E-state index contributed by atoms with van der Waals surface area (Å²) in [5.74, 6) is -1.41. The van der Waals surface area contributed by atoms with Crippen LogP contribution in [0.5, 0.6) is 0 Å². The smallest absolute Gasteiger partial charge is 0.253 e. The van der Waals surface area contributed by atoms with Crippen molar-refractivity contribution in [3.05, 3.63) is 29.8 Å². The molecule has 5 nitrogen and oxygen atoms in total. The van der Waals surface area contributed by atoms with Gasteiger partial charge in [-0.15, -0.1) is 0 Å². The van der Waals surface area contributed by atoms with E-state index >= 15 is 0 Å². The quantitative estimate of drug-likeness (QED) is 0.810. The van der Waals surface area contributed by atoms with Crippen molar-refractivity contribution in [3.8, 4) is 0 Å². The van der Waals surface area contributed by atoms with Gasteiger partial charge in [-0.25, -0.2) is 4.98 Å². The molecule has 0 saturated carbocycles. The van der Waals surface area contributed by atoms with Gasteiger partial charge in [-0.1, -0.05) is 0 Å². The lowest BCUT2D eigenvalue weighted by molar-refractivity contribution is -0.124. The molecule has 1 unspecified atom stereocenters. The van der Waals surface area contributed by atoms with E-state index in [2.05, 4.69) is 15.6 Å². The first kappa shape index (κ1) is 15.1. The van der Waals surface area contributed by atoms with E-state index in [1.807, 2.05) is 20.8 Å². The Morgan fingerprint density at radius 3 is 2.42 bits per heavy atom. The molecule has 0 fully saturated rings. The lowest BCUT2D eigenvalue weighted by atomic mass is 10.1. The highest BCUT2D eigenvalue weighted by Gasteiger charge is 2.21. The van der Waals surface area contributed by atoms with Gasteiger partial charge in [-0.05, 0) is 39.8 Å². The maximum absolute atomic E-state index is 12.6. The van der Waals surface area contributed by atoms with E-state index in [0.29, 0.717) is 0 Å². The van der Waals surface area contributed by atoms with E-state index in [0.717, 1.165) is 12.3 Å². The van der Waals surface area contributed by atoms with Crippen molar-refractivity contribution in [2.75, 3.05) is 0 Å². The summed E-state index contributed by atoms with van der Waals surface area (Å²) in [5, 5.41) is 5.28. The van der Waals surface area contributed by atoms with Gasteiger partial charge in [0.1, 0.15) is 6.04 Å². The minimum absolute atomic E-state index is 0.205. The van der Waals surface area contributed by atoms with E-state index in [9.17, 15) is 14.0 Å². The van der Waals surface area contributed by atoms with Crippen LogP contribution in [-0.2, 0) is 4.79 Å². The lowest BCUT2D eigenvalue weighted by Crippen LogP contribution is -2.50. The number of amides is 2. The largest absolute Gasteiger partial charge is 0.350 e. The molecule has 19 heavy (non-hydrogen) atoms. The fourth-order valence-electron chi connectivity index (χ4n) is 1.33. The van der Waals surface area contributed by atoms with Crippen molar-refractivity contribution in [1.29, 1.82) is 0 Å². The highest BCUT2D eigenvalue weighted by Crippen LogP contribution is 2.02. The van der Waals surface area contributed by atoms with Gasteiger partial charge in [0.2, 0.25) is 11.9 Å². The van der Waals surface area contributed by atoms with Crippen molar-refractivity contribution in [3.63, 3.8) is 0 Å². The molecular weight excluding hydrogens is 249 g/mol. The number of carbonyl (C=O) groups is 2. The molecule has 0 aliphatic carbocycles. The van der Waals surface area contributed by atoms with Crippen LogP contribution >= 0.6 is 0 Å². The van der Waals surface area contributed by atoms with Crippen LogP contribution in [0.3, 0.4) is 0 Å². The third-order valence-corrected chi connectivity index (χ3v) is 2.23. The first-order valence-electron chi connectivity index (χ1n) is 5.93. The highest BCUT2D eigenvalue weighted by molar-refractivity contribution is 5.97. The zero-order valence-corrected chi connectivity index (χ0v) is 11.5. The normalized spacial score (nSPS) is 12.7. The topological polar surface area (TPSA) is 71.1 Å². The van der Waals surface area contributed by atoms with Crippen molar-refractivity contribution in [2.45, 2.75) is 39.3 Å². The van der Waals surface area contributed by atoms with Gasteiger partial charge >= 0.3 is 0 Å². The molecule has 0 spiro atoms. The first-order valence-corrected chi connectivity index (χ1v) is 5.93. The van der Waals surface area contributed by atoms with Crippen molar-refractivity contribution < 1.29 is 14.0 Å². The third-order valence-electron chi connectivity index (χ3n) is 2.23. The second-order valence-corrected chi connectivity index (χ2v) is 5.30. The van der Waals surface area contributed by atoms with Crippen molar-refractivity contribution in [1.82, 2.24) is 15.6 Å². The molecule has 1 atom stereocenters. The molecule has 0 radical (unpaired) electrons. The van der Waals surface area contributed by atoms with Gasteiger partial charge < -0.3 is 10.6 Å². The van der Waals surface area contributed by atoms with E-state index in [1.165, 1.54) is 6.07 Å². The second kappa shape index (κ2) is 5.77. The summed E-state index contributed by atoms with van der Waals surface area (Å²) in [4.78, 5) is 26.9. The number of carbonyl (C=O) groups excluding carboxylic acids is 2. The second-order valence-electron chi connectivity index (χ2n) is 5.30. The van der Waals surface area contributed by atoms with Crippen LogP contribution in [0.4, 0.5) is 4.39 Å². The number of rotatable bonds is 3. The molecule has 2 N–H and O–H groups in total. The number of nitrogens with one attached hydrogen (secondary N) is 2. The summed E-state index contributed by atoms with van der Waals surface area (Å²) >= 11 is 0. The van der Waals surface area contributed by atoms with E-state index in [-0.39, 0.29) is 17.0 Å². The average molecular weight is 267 g/mol. The Hall–Kier alpha value is -1.98. The SMILES string of the molecule is CC(NC(=O)c1ccc(F)nc1)C(=O)NC(C)(C)C. The maximum Gasteiger partial charge on any atom is 0.253 e. The zero-order chi connectivity index (χ0) is 14.6. The number of aromatic nitrogens is 1. The van der Waals surface area contributed by atoms with Crippen molar-refractivity contribution >= 4 is 11.8 Å². The molecule has 0 aromatic carbocycles. The predicted molar refractivity (Wildman–Crippen MR) is 69.0 cm³/mol. The lowest BCUT2D eigenvalue weighted by Gasteiger charge is -2.23. The highest BCUT2D eigenvalue weighted by atomic mass is 19.1. The Morgan fingerprint density at radius 2 is 1.95 bits per heavy atom. The maximum atomic E-state index is 12.6. The number of hydrogen-bond donors (Lipinski definition) is 2. The molecule has 0 bridgehead atoms. The minimum atomic E-state index is -0.684. The Balaban J connectivity index is 2.61. The fraction of sp³-hybridized carbons (Fsp3) is 0.462. The molecule has 6 heteroatoms. The molecule has 2 amide bonds. The Kier molecular flexibility index (Phi) is 4.58. The van der Waals surface area contributed by atoms with E-state index in [4.69, 9.17) is 0 Å². The van der Waals surface area contributed by atoms with Crippen LogP contribution in [0.1, 0.15) is 38.1 Å². The van der Waals surface area contributed by atoms with Gasteiger partial charge in [0.25, 0.3) is 5.91 Å². The van der Waals surface area contributed by atoms with Crippen molar-refractivity contribution in [2.24, 2.45) is 0 Å². The van der Waals surface area contributed by atoms with Crippen LogP contribution in [0.25, 0.3) is 0 Å². The van der Waals surface area contributed by atoms with Crippen LogP contribution < -0.4 is 10.6 Å². The number of nitrogens with zero attached hydrogens (tertiary/aromatic N) is 1. The Labute approximate surface area is 111 Å². The van der Waals surface area contributed by atoms with E-state index in [1.54, 1.807) is 6.92 Å². The predicted octanol–water partition coefficient (Wildman–Crippen LogP) is 1.25. The van der Waals surface area contributed by atoms with Crippen LogP contribution in [0.15, 0.2) is 18.3 Å². The van der Waals surface area contributed by atoms with Crippen LogP contribution in [0.2, 0.25) is 0 Å². The van der Waals surface area contributed by atoms with Gasteiger partial charge in [0, 0.05) is 11.7 Å². The van der Waals surface area contributed by atoms with Crippen LogP contribution in [0, 0.1) is 5.95 Å². The van der Waals surface area contributed by atoms with Gasteiger partial charge in [-0.3, -0.25) is 9.59 Å². The summed E-state index contributed by atoms with van der Waals surface area (Å²) < 4.78 is 12.6. The monoisotopic (exact) mass is 267 g/mol. The molecule has 1 heterocycles. The summed E-state index contributed by atoms with van der Waals surface area (Å²) in [6.07, 6.45) is 1.12.